The van der Waals surface area contributed by atoms with E-state index in [1.807, 2.05) is 30.3 Å². The third-order valence-electron chi connectivity index (χ3n) is 4.59. The van der Waals surface area contributed by atoms with Crippen molar-refractivity contribution in [3.63, 3.8) is 0 Å². The molecule has 1 saturated heterocycles. The molecule has 1 atom stereocenters. The summed E-state index contributed by atoms with van der Waals surface area (Å²) in [5.41, 5.74) is 0.890. The third-order valence-corrected chi connectivity index (χ3v) is 6.14. The van der Waals surface area contributed by atoms with Gasteiger partial charge in [-0.1, -0.05) is 30.3 Å². The molecule has 0 unspecified atom stereocenters. The Labute approximate surface area is 160 Å². The molecule has 27 heavy (non-hydrogen) atoms. The van der Waals surface area contributed by atoms with Crippen LogP contribution in [0.2, 0.25) is 0 Å². The van der Waals surface area contributed by atoms with Crippen molar-refractivity contribution >= 4 is 15.9 Å². The highest BCUT2D eigenvalue weighted by Gasteiger charge is 2.20. The van der Waals surface area contributed by atoms with Gasteiger partial charge >= 0.3 is 0 Å². The van der Waals surface area contributed by atoms with Crippen LogP contribution in [-0.2, 0) is 14.8 Å². The molecule has 0 bridgehead atoms. The van der Waals surface area contributed by atoms with E-state index in [9.17, 15) is 13.2 Å². The van der Waals surface area contributed by atoms with Crippen molar-refractivity contribution < 1.29 is 17.9 Å². The van der Waals surface area contributed by atoms with Gasteiger partial charge in [0, 0.05) is 19.1 Å². The summed E-state index contributed by atoms with van der Waals surface area (Å²) in [6.45, 7) is 3.33. The number of nitrogens with one attached hydrogen (secondary N) is 1. The van der Waals surface area contributed by atoms with E-state index >= 15 is 0 Å². The highest BCUT2D eigenvalue weighted by Crippen LogP contribution is 2.19. The standard InChI is InChI=1S/C20H24N2O4S/c1-16(17-7-3-2-4-8-17)21-27(24,25)19-11-9-18(10-12-19)26-15-20(23)22-13-5-6-14-22/h2-4,7-12,16,21H,5-6,13-15H2,1H3/t16-/m1/s1. The van der Waals surface area contributed by atoms with Gasteiger partial charge in [-0.25, -0.2) is 13.1 Å². The summed E-state index contributed by atoms with van der Waals surface area (Å²) < 4.78 is 33.3. The minimum absolute atomic E-state index is 0.0324. The first-order valence-corrected chi connectivity index (χ1v) is 10.5. The molecule has 1 aliphatic rings. The van der Waals surface area contributed by atoms with Gasteiger partial charge in [0.05, 0.1) is 4.90 Å². The molecule has 1 N–H and O–H groups in total. The van der Waals surface area contributed by atoms with Crippen molar-refractivity contribution in [3.8, 4) is 5.75 Å². The van der Waals surface area contributed by atoms with Gasteiger partial charge < -0.3 is 9.64 Å². The summed E-state index contributed by atoms with van der Waals surface area (Å²) in [5, 5.41) is 0. The molecule has 1 fully saturated rings. The van der Waals surface area contributed by atoms with Crippen LogP contribution < -0.4 is 9.46 Å². The Hall–Kier alpha value is -2.38. The summed E-state index contributed by atoms with van der Waals surface area (Å²) in [6.07, 6.45) is 2.07. The van der Waals surface area contributed by atoms with Gasteiger partial charge in [0.25, 0.3) is 5.91 Å². The lowest BCUT2D eigenvalue weighted by molar-refractivity contribution is -0.132. The predicted octanol–water partition coefficient (Wildman–Crippen LogP) is 2.73. The first-order chi connectivity index (χ1) is 13.0. The Morgan fingerprint density at radius 2 is 1.70 bits per heavy atom. The molecule has 3 rings (SSSR count). The molecule has 2 aromatic carbocycles. The number of sulfonamides is 1. The van der Waals surface area contributed by atoms with Gasteiger partial charge in [0.1, 0.15) is 5.75 Å². The number of likely N-dealkylation sites (tertiary alicyclic amines) is 1. The Balaban J connectivity index is 1.59. The quantitative estimate of drug-likeness (QED) is 0.791. The van der Waals surface area contributed by atoms with E-state index in [1.54, 1.807) is 24.0 Å². The van der Waals surface area contributed by atoms with Gasteiger partial charge in [-0.2, -0.15) is 0 Å². The van der Waals surface area contributed by atoms with Gasteiger partial charge in [-0.3, -0.25) is 4.79 Å². The lowest BCUT2D eigenvalue weighted by Crippen LogP contribution is -2.32. The van der Waals surface area contributed by atoms with Crippen molar-refractivity contribution in [2.24, 2.45) is 0 Å². The average molecular weight is 388 g/mol. The summed E-state index contributed by atoms with van der Waals surface area (Å²) in [7, 11) is -3.65. The minimum atomic E-state index is -3.65. The molecule has 0 saturated carbocycles. The summed E-state index contributed by atoms with van der Waals surface area (Å²) in [5.74, 6) is 0.431. The molecule has 144 valence electrons. The molecule has 0 aliphatic carbocycles. The Kier molecular flexibility index (Phi) is 6.13. The van der Waals surface area contributed by atoms with Gasteiger partial charge in [0.2, 0.25) is 10.0 Å². The number of benzene rings is 2. The maximum Gasteiger partial charge on any atom is 0.260 e. The molecule has 1 aliphatic heterocycles. The number of amides is 1. The second kappa shape index (κ2) is 8.54. The number of carbonyl (C=O) groups excluding carboxylic acids is 1. The average Bonchev–Trinajstić information content (AvgIpc) is 3.22. The van der Waals surface area contributed by atoms with Crippen LogP contribution in [0.5, 0.6) is 5.75 Å². The molecule has 1 heterocycles. The Morgan fingerprint density at radius 3 is 2.33 bits per heavy atom. The van der Waals surface area contributed by atoms with E-state index in [-0.39, 0.29) is 23.5 Å². The topological polar surface area (TPSA) is 75.7 Å². The van der Waals surface area contributed by atoms with E-state index < -0.39 is 10.0 Å². The van der Waals surface area contributed by atoms with Crippen LogP contribution in [0.1, 0.15) is 31.4 Å². The minimum Gasteiger partial charge on any atom is -0.484 e. The van der Waals surface area contributed by atoms with Crippen LogP contribution >= 0.6 is 0 Å². The summed E-state index contributed by atoms with van der Waals surface area (Å²) >= 11 is 0. The number of carbonyl (C=O) groups is 1. The number of rotatable bonds is 7. The number of ether oxygens (including phenoxy) is 1. The van der Waals surface area contributed by atoms with Crippen LogP contribution in [0.3, 0.4) is 0 Å². The lowest BCUT2D eigenvalue weighted by atomic mass is 10.1. The number of hydrogen-bond donors (Lipinski definition) is 1. The first-order valence-electron chi connectivity index (χ1n) is 9.03. The highest BCUT2D eigenvalue weighted by molar-refractivity contribution is 7.89. The van der Waals surface area contributed by atoms with E-state index in [1.165, 1.54) is 12.1 Å². The van der Waals surface area contributed by atoms with Crippen molar-refractivity contribution in [3.05, 3.63) is 60.2 Å². The second-order valence-electron chi connectivity index (χ2n) is 6.60. The first kappa shape index (κ1) is 19.4. The van der Waals surface area contributed by atoms with E-state index in [0.717, 1.165) is 31.5 Å². The largest absolute Gasteiger partial charge is 0.484 e. The fourth-order valence-corrected chi connectivity index (χ4v) is 4.26. The van der Waals surface area contributed by atoms with Crippen LogP contribution in [0.15, 0.2) is 59.5 Å². The fraction of sp³-hybridized carbons (Fsp3) is 0.350. The molecule has 0 aromatic heterocycles. The van der Waals surface area contributed by atoms with Crippen molar-refractivity contribution in [1.82, 2.24) is 9.62 Å². The molecular weight excluding hydrogens is 364 g/mol. The van der Waals surface area contributed by atoms with Gasteiger partial charge in [-0.15, -0.1) is 0 Å². The molecule has 6 nitrogen and oxygen atoms in total. The molecule has 2 aromatic rings. The summed E-state index contributed by atoms with van der Waals surface area (Å²) in [6, 6.07) is 15.1. The van der Waals surface area contributed by atoms with Crippen molar-refractivity contribution in [2.75, 3.05) is 19.7 Å². The van der Waals surface area contributed by atoms with Crippen LogP contribution in [0.4, 0.5) is 0 Å². The van der Waals surface area contributed by atoms with Crippen LogP contribution in [0, 0.1) is 0 Å². The van der Waals surface area contributed by atoms with Crippen LogP contribution in [0.25, 0.3) is 0 Å². The molecular formula is C20H24N2O4S. The number of hydrogen-bond acceptors (Lipinski definition) is 4. The van der Waals surface area contributed by atoms with E-state index in [2.05, 4.69) is 4.72 Å². The van der Waals surface area contributed by atoms with Crippen molar-refractivity contribution in [2.45, 2.75) is 30.7 Å². The fourth-order valence-electron chi connectivity index (χ4n) is 3.03. The van der Waals surface area contributed by atoms with Gasteiger partial charge in [0.15, 0.2) is 6.61 Å². The maximum atomic E-state index is 12.6. The zero-order valence-electron chi connectivity index (χ0n) is 15.3. The Morgan fingerprint density at radius 1 is 1.07 bits per heavy atom. The SMILES string of the molecule is C[C@@H](NS(=O)(=O)c1ccc(OCC(=O)N2CCCC2)cc1)c1ccccc1. The normalized spacial score (nSPS) is 15.5. The third kappa shape index (κ3) is 5.08. The molecule has 7 heteroatoms. The molecule has 1 amide bonds. The van der Waals surface area contributed by atoms with Gasteiger partial charge in [-0.05, 0) is 49.6 Å². The van der Waals surface area contributed by atoms with E-state index in [4.69, 9.17) is 4.74 Å². The zero-order chi connectivity index (χ0) is 19.3. The molecule has 0 spiro atoms. The smallest absolute Gasteiger partial charge is 0.260 e. The second-order valence-corrected chi connectivity index (χ2v) is 8.32. The van der Waals surface area contributed by atoms with Crippen LogP contribution in [-0.4, -0.2) is 38.9 Å². The maximum absolute atomic E-state index is 12.6. The predicted molar refractivity (Wildman–Crippen MR) is 103 cm³/mol. The molecule has 0 radical (unpaired) electrons. The number of nitrogens with zero attached hydrogens (tertiary/aromatic N) is 1. The van der Waals surface area contributed by atoms with E-state index in [0.29, 0.717) is 5.75 Å². The monoisotopic (exact) mass is 388 g/mol. The highest BCUT2D eigenvalue weighted by atomic mass is 32.2. The Bertz CT molecular complexity index is 861. The zero-order valence-corrected chi connectivity index (χ0v) is 16.1. The van der Waals surface area contributed by atoms with Crippen molar-refractivity contribution in [1.29, 1.82) is 0 Å². The summed E-state index contributed by atoms with van der Waals surface area (Å²) in [4.78, 5) is 13.9. The lowest BCUT2D eigenvalue weighted by Gasteiger charge is -2.16.